The smallest absolute Gasteiger partial charge is 0.310 e. The molecule has 0 aromatic heterocycles. The van der Waals surface area contributed by atoms with Gasteiger partial charge in [-0.3, -0.25) is 9.59 Å². The number of hydrogen-bond acceptors (Lipinski definition) is 3. The molecule has 0 aromatic carbocycles. The second kappa shape index (κ2) is 4.65. The van der Waals surface area contributed by atoms with Crippen LogP contribution in [-0.4, -0.2) is 35.6 Å². The van der Waals surface area contributed by atoms with Crippen LogP contribution in [0, 0.1) is 5.92 Å². The van der Waals surface area contributed by atoms with Gasteiger partial charge in [0.05, 0.1) is 12.0 Å². The Morgan fingerprint density at radius 1 is 1.38 bits per heavy atom. The van der Waals surface area contributed by atoms with E-state index >= 15 is 0 Å². The third kappa shape index (κ3) is 2.41. The zero-order valence-electron chi connectivity index (χ0n) is 8.98. The second-order valence-corrected chi connectivity index (χ2v) is 4.33. The van der Waals surface area contributed by atoms with Crippen molar-refractivity contribution in [1.29, 1.82) is 0 Å². The van der Waals surface area contributed by atoms with Crippen LogP contribution in [-0.2, 0) is 9.59 Å². The molecule has 0 bridgehead atoms. The Morgan fingerprint density at radius 2 is 2.19 bits per heavy atom. The van der Waals surface area contributed by atoms with Crippen molar-refractivity contribution >= 4 is 11.9 Å². The van der Waals surface area contributed by atoms with Gasteiger partial charge in [-0.2, -0.15) is 0 Å². The number of carboxylic acids is 1. The molecular weight excluding hydrogens is 208 g/mol. The molecular formula is C11H16N2O3. The molecule has 0 radical (unpaired) electrons. The van der Waals surface area contributed by atoms with Gasteiger partial charge < -0.3 is 15.7 Å². The summed E-state index contributed by atoms with van der Waals surface area (Å²) >= 11 is 0. The van der Waals surface area contributed by atoms with E-state index in [1.165, 1.54) is 0 Å². The topological polar surface area (TPSA) is 78.4 Å². The summed E-state index contributed by atoms with van der Waals surface area (Å²) < 4.78 is 0. The van der Waals surface area contributed by atoms with E-state index in [9.17, 15) is 9.59 Å². The van der Waals surface area contributed by atoms with Crippen molar-refractivity contribution in [2.75, 3.05) is 6.54 Å². The van der Waals surface area contributed by atoms with Crippen molar-refractivity contribution in [3.8, 4) is 0 Å². The second-order valence-electron chi connectivity index (χ2n) is 4.33. The van der Waals surface area contributed by atoms with Gasteiger partial charge >= 0.3 is 5.97 Å². The molecule has 16 heavy (non-hydrogen) atoms. The van der Waals surface area contributed by atoms with Crippen molar-refractivity contribution in [3.63, 3.8) is 0 Å². The van der Waals surface area contributed by atoms with Gasteiger partial charge in [-0.15, -0.1) is 0 Å². The van der Waals surface area contributed by atoms with E-state index in [4.69, 9.17) is 5.11 Å². The average Bonchev–Trinajstić information content (AvgIpc) is 2.87. The fourth-order valence-corrected chi connectivity index (χ4v) is 2.18. The summed E-state index contributed by atoms with van der Waals surface area (Å²) in [7, 11) is 0. The molecule has 5 nitrogen and oxygen atoms in total. The minimum Gasteiger partial charge on any atom is -0.481 e. The van der Waals surface area contributed by atoms with Gasteiger partial charge in [0.25, 0.3) is 0 Å². The molecule has 88 valence electrons. The zero-order chi connectivity index (χ0) is 11.5. The van der Waals surface area contributed by atoms with Crippen molar-refractivity contribution < 1.29 is 14.7 Å². The number of nitrogens with one attached hydrogen (secondary N) is 2. The van der Waals surface area contributed by atoms with Gasteiger partial charge in [0, 0.05) is 6.04 Å². The van der Waals surface area contributed by atoms with Gasteiger partial charge in [0.15, 0.2) is 0 Å². The number of rotatable bonds is 3. The third-order valence-corrected chi connectivity index (χ3v) is 3.11. The van der Waals surface area contributed by atoms with E-state index in [-0.39, 0.29) is 18.0 Å². The lowest BCUT2D eigenvalue weighted by Crippen LogP contribution is -2.44. The summed E-state index contributed by atoms with van der Waals surface area (Å²) in [6.45, 7) is 0.885. The number of carbonyl (C=O) groups excluding carboxylic acids is 1. The van der Waals surface area contributed by atoms with Gasteiger partial charge in [-0.05, 0) is 25.8 Å². The molecule has 1 amide bonds. The van der Waals surface area contributed by atoms with Crippen molar-refractivity contribution in [2.24, 2.45) is 5.92 Å². The Labute approximate surface area is 93.9 Å². The normalized spacial score (nSPS) is 32.9. The number of amides is 1. The number of carbonyl (C=O) groups is 2. The van der Waals surface area contributed by atoms with Crippen LogP contribution in [0.1, 0.15) is 19.3 Å². The van der Waals surface area contributed by atoms with E-state index in [2.05, 4.69) is 10.6 Å². The Morgan fingerprint density at radius 3 is 2.75 bits per heavy atom. The minimum absolute atomic E-state index is 0.0156. The molecule has 3 N–H and O–H groups in total. The summed E-state index contributed by atoms with van der Waals surface area (Å²) in [5, 5.41) is 14.8. The summed E-state index contributed by atoms with van der Waals surface area (Å²) in [5.41, 5.74) is 0. The molecule has 0 spiro atoms. The molecule has 2 unspecified atom stereocenters. The maximum Gasteiger partial charge on any atom is 0.310 e. The van der Waals surface area contributed by atoms with Crippen LogP contribution in [0.3, 0.4) is 0 Å². The number of hydrogen-bond donors (Lipinski definition) is 3. The highest BCUT2D eigenvalue weighted by Gasteiger charge is 2.28. The van der Waals surface area contributed by atoms with E-state index in [0.29, 0.717) is 6.42 Å². The van der Waals surface area contributed by atoms with E-state index in [0.717, 1.165) is 19.4 Å². The van der Waals surface area contributed by atoms with Crippen LogP contribution < -0.4 is 10.6 Å². The molecule has 2 aliphatic rings. The largest absolute Gasteiger partial charge is 0.481 e. The van der Waals surface area contributed by atoms with Gasteiger partial charge in [-0.25, -0.2) is 0 Å². The lowest BCUT2D eigenvalue weighted by atomic mass is 10.1. The Bertz CT molecular complexity index is 321. The molecule has 3 atom stereocenters. The van der Waals surface area contributed by atoms with Crippen molar-refractivity contribution in [2.45, 2.75) is 31.3 Å². The fraction of sp³-hybridized carbons (Fsp3) is 0.636. The summed E-state index contributed by atoms with van der Waals surface area (Å²) in [4.78, 5) is 22.4. The highest BCUT2D eigenvalue weighted by molar-refractivity contribution is 5.83. The average molecular weight is 224 g/mol. The number of carboxylic acid groups (broad SMARTS) is 1. The van der Waals surface area contributed by atoms with Crippen molar-refractivity contribution in [1.82, 2.24) is 10.6 Å². The molecule has 1 saturated heterocycles. The van der Waals surface area contributed by atoms with Gasteiger partial charge in [0.2, 0.25) is 5.91 Å². The molecule has 1 aliphatic heterocycles. The Hall–Kier alpha value is -1.36. The first-order valence-corrected chi connectivity index (χ1v) is 5.61. The summed E-state index contributed by atoms with van der Waals surface area (Å²) in [6.07, 6.45) is 5.77. The highest BCUT2D eigenvalue weighted by atomic mass is 16.4. The van der Waals surface area contributed by atoms with Gasteiger partial charge in [0.1, 0.15) is 0 Å². The molecule has 1 heterocycles. The van der Waals surface area contributed by atoms with Gasteiger partial charge in [-0.1, -0.05) is 12.2 Å². The van der Waals surface area contributed by atoms with Crippen LogP contribution in [0.15, 0.2) is 12.2 Å². The predicted octanol–water partition coefficient (Wildman–Crippen LogP) is -0.116. The summed E-state index contributed by atoms with van der Waals surface area (Å²) in [5.74, 6) is -1.30. The van der Waals surface area contributed by atoms with Crippen LogP contribution in [0.25, 0.3) is 0 Å². The van der Waals surface area contributed by atoms with Crippen LogP contribution >= 0.6 is 0 Å². The molecule has 1 aliphatic carbocycles. The molecule has 0 aromatic rings. The lowest BCUT2D eigenvalue weighted by molar-refractivity contribution is -0.140. The fourth-order valence-electron chi connectivity index (χ4n) is 2.18. The number of aliphatic carboxylic acids is 1. The summed E-state index contributed by atoms with van der Waals surface area (Å²) in [6, 6.07) is -0.228. The molecule has 2 rings (SSSR count). The van der Waals surface area contributed by atoms with Crippen molar-refractivity contribution in [3.05, 3.63) is 12.2 Å². The van der Waals surface area contributed by atoms with E-state index in [1.54, 1.807) is 12.2 Å². The van der Waals surface area contributed by atoms with Crippen LogP contribution in [0.2, 0.25) is 0 Å². The third-order valence-electron chi connectivity index (χ3n) is 3.11. The first-order valence-electron chi connectivity index (χ1n) is 5.61. The zero-order valence-corrected chi connectivity index (χ0v) is 8.98. The van der Waals surface area contributed by atoms with E-state index in [1.807, 2.05) is 0 Å². The first kappa shape index (κ1) is 11.1. The maximum atomic E-state index is 11.7. The Balaban J connectivity index is 1.81. The van der Waals surface area contributed by atoms with E-state index < -0.39 is 11.9 Å². The van der Waals surface area contributed by atoms with Crippen LogP contribution in [0.4, 0.5) is 0 Å². The monoisotopic (exact) mass is 224 g/mol. The predicted molar refractivity (Wildman–Crippen MR) is 57.8 cm³/mol. The van der Waals surface area contributed by atoms with Crippen LogP contribution in [0.5, 0.6) is 0 Å². The minimum atomic E-state index is -0.827. The SMILES string of the molecule is O=C(O)C1C=CC(NC(=O)[C@H]2CCCN2)C1. The standard InChI is InChI=1S/C11H16N2O3/c14-10(9-2-1-5-12-9)13-8-4-3-7(6-8)11(15)16/h3-4,7-9,12H,1-2,5-6H2,(H,13,14)(H,15,16)/t7?,8?,9-/m1/s1. The first-order chi connectivity index (χ1) is 7.66. The Kier molecular flexibility index (Phi) is 3.24. The molecule has 0 saturated carbocycles. The maximum absolute atomic E-state index is 11.7. The quantitative estimate of drug-likeness (QED) is 0.584. The molecule has 5 heteroatoms. The lowest BCUT2D eigenvalue weighted by Gasteiger charge is -2.15. The highest BCUT2D eigenvalue weighted by Crippen LogP contribution is 2.18. The molecule has 1 fully saturated rings.